The minimum atomic E-state index is -0.998. The van der Waals surface area contributed by atoms with Gasteiger partial charge in [-0.1, -0.05) is 35.9 Å². The van der Waals surface area contributed by atoms with Crippen LogP contribution < -0.4 is 0 Å². The Morgan fingerprint density at radius 3 is 2.63 bits per heavy atom. The molecule has 1 aliphatic heterocycles. The number of hydrogen-bond acceptors (Lipinski definition) is 6. The van der Waals surface area contributed by atoms with Crippen LogP contribution in [0.25, 0.3) is 0 Å². The molecule has 196 valence electrons. The summed E-state index contributed by atoms with van der Waals surface area (Å²) in [5.74, 6) is -4.75. The Morgan fingerprint density at radius 1 is 1.16 bits per heavy atom. The molecule has 3 aliphatic carbocycles. The smallest absolute Gasteiger partial charge is 0.303 e. The molecular weight excluding hydrogens is 486 g/mol. The van der Waals surface area contributed by atoms with Crippen LogP contribution in [0.1, 0.15) is 49.7 Å². The topological polar surface area (TPSA) is 129 Å². The van der Waals surface area contributed by atoms with Gasteiger partial charge in [-0.2, -0.15) is 0 Å². The molecule has 2 amide bonds. The third-order valence-electron chi connectivity index (χ3n) is 8.25. The number of aromatic hydroxyl groups is 1. The molecule has 1 fully saturated rings. The second-order valence-corrected chi connectivity index (χ2v) is 10.4. The number of hydrogen-bond donors (Lipinski definition) is 2. The van der Waals surface area contributed by atoms with Crippen LogP contribution in [0.3, 0.4) is 0 Å². The number of nitrogens with zero attached hydrogens (tertiary/aromatic N) is 1. The second-order valence-electron chi connectivity index (χ2n) is 10.4. The van der Waals surface area contributed by atoms with E-state index in [1.807, 2.05) is 6.08 Å². The van der Waals surface area contributed by atoms with E-state index in [-0.39, 0.29) is 54.9 Å². The molecule has 4 unspecified atom stereocenters. The molecule has 0 aromatic heterocycles. The molecule has 4 atom stereocenters. The van der Waals surface area contributed by atoms with Gasteiger partial charge in [-0.3, -0.25) is 28.9 Å². The van der Waals surface area contributed by atoms with Crippen LogP contribution in [-0.2, 0) is 30.4 Å². The van der Waals surface area contributed by atoms with Crippen LogP contribution in [0.4, 0.5) is 0 Å². The lowest BCUT2D eigenvalue weighted by atomic mass is 9.59. The average molecular weight is 516 g/mol. The number of imide groups is 1. The maximum absolute atomic E-state index is 13.6. The van der Waals surface area contributed by atoms with Crippen molar-refractivity contribution in [3.05, 3.63) is 76.4 Å². The van der Waals surface area contributed by atoms with Crippen molar-refractivity contribution in [1.29, 1.82) is 0 Å². The third kappa shape index (κ3) is 3.95. The van der Waals surface area contributed by atoms with Gasteiger partial charge >= 0.3 is 5.97 Å². The van der Waals surface area contributed by atoms with Crippen molar-refractivity contribution in [2.24, 2.45) is 17.8 Å². The minimum Gasteiger partial charge on any atom is -0.507 e. The minimum absolute atomic E-state index is 0.0172. The Kier molecular flexibility index (Phi) is 6.51. The molecule has 4 aliphatic rings. The number of benzene rings is 1. The monoisotopic (exact) mass is 515 g/mol. The Labute approximate surface area is 220 Å². The Hall–Kier alpha value is -4.07. The van der Waals surface area contributed by atoms with Crippen LogP contribution in [0.15, 0.2) is 65.3 Å². The Morgan fingerprint density at radius 2 is 1.92 bits per heavy atom. The number of rotatable bonds is 7. The van der Waals surface area contributed by atoms with Gasteiger partial charge in [0.25, 0.3) is 0 Å². The van der Waals surface area contributed by atoms with Crippen molar-refractivity contribution in [3.8, 4) is 5.75 Å². The standard InChI is InChI=1S/C30H29NO7/c1-3-6-16-7-4-8-18(28(16)36)24-17-10-11-19-25(30(38)31(29(19)37)12-5-9-23(33)34)20(17)14-21-26(24)22(32)13-15(2)27(21)35/h3-4,7-8,10,13,19-20,24-25,36H,1,5-6,9,11-12,14H2,2H3,(H,33,34). The fourth-order valence-corrected chi connectivity index (χ4v) is 6.58. The molecule has 0 bridgehead atoms. The summed E-state index contributed by atoms with van der Waals surface area (Å²) < 4.78 is 0. The Balaban J connectivity index is 1.61. The van der Waals surface area contributed by atoms with Gasteiger partial charge in [0.15, 0.2) is 11.6 Å². The maximum Gasteiger partial charge on any atom is 0.303 e. The van der Waals surface area contributed by atoms with Crippen LogP contribution >= 0.6 is 0 Å². The number of carboxylic acid groups (broad SMARTS) is 1. The number of carbonyl (C=O) groups is 5. The number of Topliss-reactive ketones (excluding diaryl/α,β-unsaturated/α-hetero) is 1. The third-order valence-corrected chi connectivity index (χ3v) is 8.25. The number of ketones is 2. The first-order valence-electron chi connectivity index (χ1n) is 12.8. The van der Waals surface area contributed by atoms with Crippen molar-refractivity contribution in [2.45, 2.75) is 44.9 Å². The molecule has 8 heteroatoms. The first-order chi connectivity index (χ1) is 18.1. The lowest BCUT2D eigenvalue weighted by Gasteiger charge is -2.42. The van der Waals surface area contributed by atoms with E-state index in [2.05, 4.69) is 6.58 Å². The van der Waals surface area contributed by atoms with E-state index in [0.29, 0.717) is 40.7 Å². The van der Waals surface area contributed by atoms with Gasteiger partial charge < -0.3 is 10.2 Å². The summed E-state index contributed by atoms with van der Waals surface area (Å²) >= 11 is 0. The summed E-state index contributed by atoms with van der Waals surface area (Å²) in [7, 11) is 0. The maximum atomic E-state index is 13.6. The number of amides is 2. The number of phenols is 1. The fraction of sp³-hybridized carbons (Fsp3) is 0.367. The van der Waals surface area contributed by atoms with Crippen molar-refractivity contribution < 1.29 is 34.2 Å². The molecule has 1 heterocycles. The fourth-order valence-electron chi connectivity index (χ4n) is 6.58. The molecule has 0 saturated carbocycles. The summed E-state index contributed by atoms with van der Waals surface area (Å²) in [4.78, 5) is 65.6. The second kappa shape index (κ2) is 9.67. The van der Waals surface area contributed by atoms with E-state index in [9.17, 15) is 29.1 Å². The highest BCUT2D eigenvalue weighted by atomic mass is 16.4. The number of phenolic OH excluding ortho intramolecular Hbond substituents is 1. The highest BCUT2D eigenvalue weighted by molar-refractivity contribution is 6.23. The predicted octanol–water partition coefficient (Wildman–Crippen LogP) is 3.42. The number of fused-ring (bicyclic) bond motifs is 3. The molecule has 1 aromatic carbocycles. The summed E-state index contributed by atoms with van der Waals surface area (Å²) in [6.45, 7) is 5.36. The van der Waals surface area contributed by atoms with Crippen molar-refractivity contribution >= 4 is 29.4 Å². The number of carbonyl (C=O) groups excluding carboxylic acids is 4. The summed E-state index contributed by atoms with van der Waals surface area (Å²) in [5.41, 5.74) is 2.85. The molecule has 1 saturated heterocycles. The molecule has 5 rings (SSSR count). The quantitative estimate of drug-likeness (QED) is 0.323. The van der Waals surface area contributed by atoms with E-state index >= 15 is 0 Å². The lowest BCUT2D eigenvalue weighted by Crippen LogP contribution is -2.40. The number of allylic oxidation sites excluding steroid dienone is 7. The number of carboxylic acids is 1. The van der Waals surface area contributed by atoms with Gasteiger partial charge in [0, 0.05) is 41.2 Å². The average Bonchev–Trinajstić information content (AvgIpc) is 3.12. The lowest BCUT2D eigenvalue weighted by molar-refractivity contribution is -0.142. The molecule has 38 heavy (non-hydrogen) atoms. The molecule has 1 aromatic rings. The largest absolute Gasteiger partial charge is 0.507 e. The van der Waals surface area contributed by atoms with Gasteiger partial charge in [-0.15, -0.1) is 6.58 Å². The molecule has 2 N–H and O–H groups in total. The van der Waals surface area contributed by atoms with Gasteiger partial charge in [-0.25, -0.2) is 0 Å². The number of aliphatic carboxylic acids is 1. The van der Waals surface area contributed by atoms with Gasteiger partial charge in [0.1, 0.15) is 5.75 Å². The van der Waals surface area contributed by atoms with E-state index in [1.54, 1.807) is 31.2 Å². The van der Waals surface area contributed by atoms with Gasteiger partial charge in [0.05, 0.1) is 11.8 Å². The summed E-state index contributed by atoms with van der Waals surface area (Å²) in [6.07, 6.45) is 5.77. The van der Waals surface area contributed by atoms with Gasteiger partial charge in [0.2, 0.25) is 11.8 Å². The molecular formula is C30H29NO7. The van der Waals surface area contributed by atoms with Crippen LogP contribution in [-0.4, -0.2) is 51.0 Å². The van der Waals surface area contributed by atoms with Crippen LogP contribution in [0.2, 0.25) is 0 Å². The van der Waals surface area contributed by atoms with E-state index in [0.717, 1.165) is 10.5 Å². The predicted molar refractivity (Wildman–Crippen MR) is 137 cm³/mol. The first kappa shape index (κ1) is 25.6. The summed E-state index contributed by atoms with van der Waals surface area (Å²) in [5, 5.41) is 20.2. The van der Waals surface area contributed by atoms with E-state index < -0.39 is 29.6 Å². The first-order valence-corrected chi connectivity index (χ1v) is 12.8. The molecule has 8 nitrogen and oxygen atoms in total. The van der Waals surface area contributed by atoms with E-state index in [1.165, 1.54) is 6.08 Å². The highest BCUT2D eigenvalue weighted by Crippen LogP contribution is 2.56. The van der Waals surface area contributed by atoms with E-state index in [4.69, 9.17) is 5.11 Å². The highest BCUT2D eigenvalue weighted by Gasteiger charge is 2.56. The number of likely N-dealkylation sites (tertiary alicyclic amines) is 1. The zero-order valence-corrected chi connectivity index (χ0v) is 21.1. The van der Waals surface area contributed by atoms with Crippen molar-refractivity contribution in [2.75, 3.05) is 6.54 Å². The SMILES string of the molecule is C=CCc1cccc(C2C3=CCC4C(=O)N(CCCC(=O)O)C(=O)C4C3CC3=C2C(=O)C=C(C)C3=O)c1O. The van der Waals surface area contributed by atoms with Crippen molar-refractivity contribution in [1.82, 2.24) is 4.90 Å². The molecule has 0 spiro atoms. The zero-order valence-electron chi connectivity index (χ0n) is 21.1. The van der Waals surface area contributed by atoms with Crippen molar-refractivity contribution in [3.63, 3.8) is 0 Å². The zero-order chi connectivity index (χ0) is 27.3. The molecule has 0 radical (unpaired) electrons. The van der Waals surface area contributed by atoms with Crippen LogP contribution in [0.5, 0.6) is 5.75 Å². The number of para-hydroxylation sites is 1. The normalized spacial score (nSPS) is 26.5. The van der Waals surface area contributed by atoms with Crippen LogP contribution in [0, 0.1) is 17.8 Å². The summed E-state index contributed by atoms with van der Waals surface area (Å²) in [6, 6.07) is 5.29. The Bertz CT molecular complexity index is 1390. The van der Waals surface area contributed by atoms with Gasteiger partial charge in [-0.05, 0) is 50.2 Å².